The Morgan fingerprint density at radius 3 is 2.26 bits per heavy atom. The first-order chi connectivity index (χ1) is 18.0. The Bertz CT molecular complexity index is 1610. The Morgan fingerprint density at radius 2 is 1.66 bits per heavy atom. The van der Waals surface area contributed by atoms with Crippen molar-refractivity contribution in [2.24, 2.45) is 0 Å². The number of carbonyl (C=O) groups excluding carboxylic acids is 1. The summed E-state index contributed by atoms with van der Waals surface area (Å²) < 4.78 is 44.9. The van der Waals surface area contributed by atoms with Gasteiger partial charge in [0.15, 0.2) is 0 Å². The lowest BCUT2D eigenvalue weighted by Gasteiger charge is -2.23. The van der Waals surface area contributed by atoms with E-state index in [9.17, 15) is 13.2 Å². The monoisotopic (exact) mass is 534 g/mol. The van der Waals surface area contributed by atoms with E-state index in [0.717, 1.165) is 11.3 Å². The van der Waals surface area contributed by atoms with E-state index in [0.29, 0.717) is 44.9 Å². The maximum Gasteiger partial charge on any atom is 0.255 e. The van der Waals surface area contributed by atoms with E-state index in [4.69, 9.17) is 13.9 Å². The summed E-state index contributed by atoms with van der Waals surface area (Å²) in [6.45, 7) is 5.91. The highest BCUT2D eigenvalue weighted by Crippen LogP contribution is 2.42. The second kappa shape index (κ2) is 9.81. The molecule has 0 spiro atoms. The molecule has 0 aliphatic carbocycles. The second-order valence-corrected chi connectivity index (χ2v) is 11.5. The highest BCUT2D eigenvalue weighted by molar-refractivity contribution is 7.92. The van der Waals surface area contributed by atoms with Crippen molar-refractivity contribution in [3.8, 4) is 22.8 Å². The van der Waals surface area contributed by atoms with Gasteiger partial charge < -0.3 is 19.2 Å². The maximum absolute atomic E-state index is 13.1. The molecule has 5 rings (SSSR count). The molecule has 2 heterocycles. The molecule has 1 amide bonds. The zero-order valence-electron chi connectivity index (χ0n) is 21.9. The maximum atomic E-state index is 13.1. The van der Waals surface area contributed by atoms with Gasteiger partial charge in [0.2, 0.25) is 10.0 Å². The van der Waals surface area contributed by atoms with Crippen LogP contribution in [-0.2, 0) is 14.8 Å². The number of amides is 1. The molecule has 2 atom stereocenters. The van der Waals surface area contributed by atoms with E-state index in [1.54, 1.807) is 19.2 Å². The van der Waals surface area contributed by atoms with E-state index in [2.05, 4.69) is 5.32 Å². The predicted molar refractivity (Wildman–Crippen MR) is 147 cm³/mol. The lowest BCUT2D eigenvalue weighted by Crippen LogP contribution is -2.35. The molecule has 4 aromatic rings. The molecule has 1 aliphatic heterocycles. The van der Waals surface area contributed by atoms with Crippen LogP contribution in [0.4, 0.5) is 5.69 Å². The van der Waals surface area contributed by atoms with Crippen molar-refractivity contribution in [1.82, 2.24) is 5.32 Å². The molecule has 198 valence electrons. The summed E-state index contributed by atoms with van der Waals surface area (Å²) in [5.74, 6) is 1.44. The number of aryl methyl sites for hydroxylation is 1. The minimum atomic E-state index is -3.58. The number of benzene rings is 3. The number of carbonyl (C=O) groups is 1. The largest absolute Gasteiger partial charge is 0.457 e. The van der Waals surface area contributed by atoms with E-state index >= 15 is 0 Å². The third-order valence-corrected chi connectivity index (χ3v) is 7.78. The fourth-order valence-corrected chi connectivity index (χ4v) is 5.77. The van der Waals surface area contributed by atoms with Crippen molar-refractivity contribution in [3.05, 3.63) is 77.4 Å². The van der Waals surface area contributed by atoms with Gasteiger partial charge in [-0.25, -0.2) is 8.42 Å². The van der Waals surface area contributed by atoms with Crippen molar-refractivity contribution >= 4 is 32.6 Å². The Morgan fingerprint density at radius 1 is 1.03 bits per heavy atom. The summed E-state index contributed by atoms with van der Waals surface area (Å²) in [6.07, 6.45) is 0.478. The molecule has 0 saturated carbocycles. The molecule has 0 bridgehead atoms. The third-order valence-electron chi connectivity index (χ3n) is 6.63. The first-order valence-electron chi connectivity index (χ1n) is 12.4. The van der Waals surface area contributed by atoms with Gasteiger partial charge in [-0.2, -0.15) is 0 Å². The van der Waals surface area contributed by atoms with Gasteiger partial charge in [0.25, 0.3) is 5.91 Å². The SMILES string of the molecule is CNC(=O)c1c(-c2ccc(Oc3ccc(C)cc3)cc2)oc2cc3c(cc12)[C@H](C)O[C@H](C)CN3S(C)(=O)=O. The minimum Gasteiger partial charge on any atom is -0.457 e. The van der Waals surface area contributed by atoms with E-state index in [1.807, 2.05) is 69.3 Å². The smallest absolute Gasteiger partial charge is 0.255 e. The Balaban J connectivity index is 1.62. The standard InChI is InChI=1S/C29H30N2O6S/c1-17-6-10-21(11-7-17)36-22-12-8-20(9-13-22)28-27(29(32)30-4)24-14-23-19(3)35-18(2)16-31(38(5,33)34)25(23)15-26(24)37-28/h6-15,18-19H,16H2,1-5H3,(H,30,32)/t18-,19+/m1/s1. The van der Waals surface area contributed by atoms with Crippen LogP contribution in [-0.4, -0.2) is 40.3 Å². The van der Waals surface area contributed by atoms with Crippen LogP contribution in [0.25, 0.3) is 22.3 Å². The minimum absolute atomic E-state index is 0.181. The summed E-state index contributed by atoms with van der Waals surface area (Å²) in [5.41, 5.74) is 3.77. The predicted octanol–water partition coefficient (Wildman–Crippen LogP) is 5.81. The number of hydrogen-bond donors (Lipinski definition) is 1. The van der Waals surface area contributed by atoms with Crippen LogP contribution in [0.15, 0.2) is 65.1 Å². The molecule has 3 aromatic carbocycles. The number of fused-ring (bicyclic) bond motifs is 2. The van der Waals surface area contributed by atoms with Crippen LogP contribution in [0.5, 0.6) is 11.5 Å². The highest BCUT2D eigenvalue weighted by Gasteiger charge is 2.32. The molecule has 1 N–H and O–H groups in total. The molecule has 0 unspecified atom stereocenters. The summed E-state index contributed by atoms with van der Waals surface area (Å²) >= 11 is 0. The number of nitrogens with one attached hydrogen (secondary N) is 1. The topological polar surface area (TPSA) is 98.1 Å². The summed E-state index contributed by atoms with van der Waals surface area (Å²) in [6, 6.07) is 18.5. The molecule has 0 saturated heterocycles. The van der Waals surface area contributed by atoms with Crippen molar-refractivity contribution in [1.29, 1.82) is 0 Å². The molecule has 0 radical (unpaired) electrons. The van der Waals surface area contributed by atoms with Crippen molar-refractivity contribution in [2.45, 2.75) is 33.0 Å². The van der Waals surface area contributed by atoms with E-state index in [1.165, 1.54) is 10.6 Å². The van der Waals surface area contributed by atoms with Gasteiger partial charge in [-0.3, -0.25) is 9.10 Å². The zero-order chi connectivity index (χ0) is 27.2. The normalized spacial score (nSPS) is 17.7. The third kappa shape index (κ3) is 4.87. The van der Waals surface area contributed by atoms with Crippen LogP contribution in [0.1, 0.15) is 41.4 Å². The van der Waals surface area contributed by atoms with Gasteiger partial charge in [-0.05, 0) is 63.2 Å². The van der Waals surface area contributed by atoms with Gasteiger partial charge >= 0.3 is 0 Å². The molecular formula is C29H30N2O6S. The fraction of sp³-hybridized carbons (Fsp3) is 0.276. The Labute approximate surface area is 222 Å². The first kappa shape index (κ1) is 25.8. The summed E-state index contributed by atoms with van der Waals surface area (Å²) in [7, 11) is -2.02. The first-order valence-corrected chi connectivity index (χ1v) is 14.2. The van der Waals surface area contributed by atoms with Crippen molar-refractivity contribution < 1.29 is 27.1 Å². The van der Waals surface area contributed by atoms with Gasteiger partial charge in [-0.15, -0.1) is 0 Å². The van der Waals surface area contributed by atoms with Gasteiger partial charge in [0.05, 0.1) is 36.3 Å². The number of ether oxygens (including phenoxy) is 2. The van der Waals surface area contributed by atoms with E-state index < -0.39 is 10.0 Å². The van der Waals surface area contributed by atoms with Gasteiger partial charge in [0, 0.05) is 29.6 Å². The van der Waals surface area contributed by atoms with E-state index in [-0.39, 0.29) is 24.7 Å². The van der Waals surface area contributed by atoms with Crippen LogP contribution in [0.2, 0.25) is 0 Å². The molecule has 1 aliphatic rings. The van der Waals surface area contributed by atoms with Crippen LogP contribution in [0.3, 0.4) is 0 Å². The zero-order valence-corrected chi connectivity index (χ0v) is 22.8. The van der Waals surface area contributed by atoms with Crippen LogP contribution in [0, 0.1) is 6.92 Å². The molecule has 8 nitrogen and oxygen atoms in total. The molecule has 1 aromatic heterocycles. The van der Waals surface area contributed by atoms with Crippen molar-refractivity contribution in [3.63, 3.8) is 0 Å². The number of anilines is 1. The number of hydrogen-bond acceptors (Lipinski definition) is 6. The van der Waals surface area contributed by atoms with Crippen molar-refractivity contribution in [2.75, 3.05) is 24.2 Å². The van der Waals surface area contributed by atoms with Crippen LogP contribution < -0.4 is 14.4 Å². The van der Waals surface area contributed by atoms with Gasteiger partial charge in [0.1, 0.15) is 22.8 Å². The number of sulfonamides is 1. The number of furan rings is 1. The fourth-order valence-electron chi connectivity index (χ4n) is 4.77. The second-order valence-electron chi connectivity index (χ2n) is 9.62. The van der Waals surface area contributed by atoms with Gasteiger partial charge in [-0.1, -0.05) is 17.7 Å². The van der Waals surface area contributed by atoms with Crippen LogP contribution >= 0.6 is 0 Å². The Hall–Kier alpha value is -3.82. The summed E-state index contributed by atoms with van der Waals surface area (Å²) in [5, 5.41) is 3.28. The Kier molecular flexibility index (Phi) is 6.66. The summed E-state index contributed by atoms with van der Waals surface area (Å²) in [4.78, 5) is 13.1. The lowest BCUT2D eigenvalue weighted by molar-refractivity contribution is 0.0175. The number of rotatable bonds is 5. The quantitative estimate of drug-likeness (QED) is 0.347. The molecule has 0 fully saturated rings. The molecular weight excluding hydrogens is 504 g/mol. The molecule has 9 heteroatoms. The highest BCUT2D eigenvalue weighted by atomic mass is 32.2. The lowest BCUT2D eigenvalue weighted by atomic mass is 10.0. The average Bonchev–Trinajstić information content (AvgIpc) is 3.19. The molecule has 38 heavy (non-hydrogen) atoms. The average molecular weight is 535 g/mol. The number of nitrogens with zero attached hydrogens (tertiary/aromatic N) is 1.